The highest BCUT2D eigenvalue weighted by atomic mass is 16.5. The van der Waals surface area contributed by atoms with Gasteiger partial charge < -0.3 is 4.74 Å². The number of esters is 1. The van der Waals surface area contributed by atoms with E-state index in [1.54, 1.807) is 6.92 Å². The highest BCUT2D eigenvalue weighted by Crippen LogP contribution is 2.34. The van der Waals surface area contributed by atoms with Crippen LogP contribution < -0.4 is 0 Å². The van der Waals surface area contributed by atoms with Gasteiger partial charge in [-0.25, -0.2) is 0 Å². The zero-order valence-electron chi connectivity index (χ0n) is 9.18. The first-order valence-electron chi connectivity index (χ1n) is 5.43. The normalized spacial score (nSPS) is 24.9. The lowest BCUT2D eigenvalue weighted by Crippen LogP contribution is -2.30. The molecule has 2 atom stereocenters. The number of ketones is 1. The summed E-state index contributed by atoms with van der Waals surface area (Å²) in [5.74, 6) is -0.326. The highest BCUT2D eigenvalue weighted by Gasteiger charge is 2.34. The van der Waals surface area contributed by atoms with Gasteiger partial charge in [-0.3, -0.25) is 9.59 Å². The van der Waals surface area contributed by atoms with E-state index in [1.165, 1.54) is 0 Å². The van der Waals surface area contributed by atoms with Crippen molar-refractivity contribution in [3.63, 3.8) is 0 Å². The molecule has 3 heteroatoms. The second-order valence-corrected chi connectivity index (χ2v) is 4.08. The Morgan fingerprint density at radius 3 is 2.62 bits per heavy atom. The van der Waals surface area contributed by atoms with Crippen LogP contribution in [0.5, 0.6) is 0 Å². The van der Waals surface area contributed by atoms with E-state index < -0.39 is 6.10 Å². The highest BCUT2D eigenvalue weighted by molar-refractivity contribution is 5.82. The molecule has 1 fully saturated rings. The summed E-state index contributed by atoms with van der Waals surface area (Å²) in [7, 11) is 0. The fourth-order valence-electron chi connectivity index (χ4n) is 2.07. The number of cyclic esters (lactones) is 1. The average molecular weight is 218 g/mol. The van der Waals surface area contributed by atoms with Gasteiger partial charge in [0.1, 0.15) is 11.9 Å². The fraction of sp³-hybridized carbons (Fsp3) is 0.385. The summed E-state index contributed by atoms with van der Waals surface area (Å²) >= 11 is 0. The third-order valence-corrected chi connectivity index (χ3v) is 2.93. The Morgan fingerprint density at radius 2 is 2.00 bits per heavy atom. The van der Waals surface area contributed by atoms with Crippen LogP contribution >= 0.6 is 0 Å². The lowest BCUT2D eigenvalue weighted by molar-refractivity contribution is -0.161. The van der Waals surface area contributed by atoms with Gasteiger partial charge in [0.25, 0.3) is 0 Å². The number of Topliss-reactive ketones (excluding diaryl/α,β-unsaturated/α-hetero) is 1. The van der Waals surface area contributed by atoms with E-state index in [4.69, 9.17) is 4.74 Å². The standard InChI is InChI=1S/C13H14O3/c1-9(14)11-7-8-12(15)16-13(11)10-5-3-2-4-6-10/h2-6,11,13H,7-8H2,1H3/t11-,13-/m0/s1. The summed E-state index contributed by atoms with van der Waals surface area (Å²) in [5.41, 5.74) is 0.899. The van der Waals surface area contributed by atoms with Gasteiger partial charge in [0.15, 0.2) is 0 Å². The molecular weight excluding hydrogens is 204 g/mol. The van der Waals surface area contributed by atoms with Crippen molar-refractivity contribution < 1.29 is 14.3 Å². The maximum atomic E-state index is 11.5. The third kappa shape index (κ3) is 2.13. The van der Waals surface area contributed by atoms with Crippen LogP contribution in [0.2, 0.25) is 0 Å². The molecule has 0 aliphatic carbocycles. The predicted octanol–water partition coefficient (Wildman–Crippen LogP) is 2.27. The summed E-state index contributed by atoms with van der Waals surface area (Å²) in [5, 5.41) is 0. The molecule has 0 aromatic heterocycles. The Kier molecular flexibility index (Phi) is 3.04. The summed E-state index contributed by atoms with van der Waals surface area (Å²) in [4.78, 5) is 22.8. The SMILES string of the molecule is CC(=O)[C@@H]1CCC(=O)O[C@H]1c1ccccc1. The molecule has 1 aromatic rings. The van der Waals surface area contributed by atoms with Crippen molar-refractivity contribution in [3.05, 3.63) is 35.9 Å². The molecule has 1 saturated heterocycles. The van der Waals surface area contributed by atoms with Crippen LogP contribution in [0.15, 0.2) is 30.3 Å². The number of benzene rings is 1. The zero-order valence-corrected chi connectivity index (χ0v) is 9.18. The van der Waals surface area contributed by atoms with Crippen LogP contribution in [0.3, 0.4) is 0 Å². The second kappa shape index (κ2) is 4.47. The number of ether oxygens (including phenoxy) is 1. The summed E-state index contributed by atoms with van der Waals surface area (Å²) < 4.78 is 5.29. The molecule has 1 aromatic carbocycles. The van der Waals surface area contributed by atoms with E-state index in [1.807, 2.05) is 30.3 Å². The predicted molar refractivity (Wildman–Crippen MR) is 58.7 cm³/mol. The van der Waals surface area contributed by atoms with Gasteiger partial charge in [-0.2, -0.15) is 0 Å². The Hall–Kier alpha value is -1.64. The number of carbonyl (C=O) groups is 2. The maximum Gasteiger partial charge on any atom is 0.306 e. The van der Waals surface area contributed by atoms with E-state index >= 15 is 0 Å². The molecule has 0 saturated carbocycles. The minimum absolute atomic E-state index is 0.0846. The van der Waals surface area contributed by atoms with E-state index in [2.05, 4.69) is 0 Å². The van der Waals surface area contributed by atoms with E-state index in [0.717, 1.165) is 5.56 Å². The van der Waals surface area contributed by atoms with Gasteiger partial charge in [-0.1, -0.05) is 30.3 Å². The van der Waals surface area contributed by atoms with Gasteiger partial charge in [0, 0.05) is 6.42 Å². The molecule has 0 bridgehead atoms. The van der Waals surface area contributed by atoms with Gasteiger partial charge >= 0.3 is 5.97 Å². The first-order chi connectivity index (χ1) is 7.68. The molecule has 0 unspecified atom stereocenters. The quantitative estimate of drug-likeness (QED) is 0.715. The molecule has 16 heavy (non-hydrogen) atoms. The molecule has 84 valence electrons. The molecule has 0 spiro atoms. The van der Waals surface area contributed by atoms with Crippen LogP contribution in [0.1, 0.15) is 31.4 Å². The van der Waals surface area contributed by atoms with Crippen LogP contribution in [-0.2, 0) is 14.3 Å². The molecule has 0 radical (unpaired) electrons. The van der Waals surface area contributed by atoms with Gasteiger partial charge in [-0.05, 0) is 18.9 Å². The Balaban J connectivity index is 2.27. The number of rotatable bonds is 2. The Morgan fingerprint density at radius 1 is 1.31 bits per heavy atom. The fourth-order valence-corrected chi connectivity index (χ4v) is 2.07. The van der Waals surface area contributed by atoms with Crippen LogP contribution in [0.25, 0.3) is 0 Å². The maximum absolute atomic E-state index is 11.5. The largest absolute Gasteiger partial charge is 0.457 e. The number of hydrogen-bond acceptors (Lipinski definition) is 3. The molecule has 0 N–H and O–H groups in total. The van der Waals surface area contributed by atoms with Crippen LogP contribution in [0, 0.1) is 5.92 Å². The van der Waals surface area contributed by atoms with Crippen LogP contribution in [-0.4, -0.2) is 11.8 Å². The third-order valence-electron chi connectivity index (χ3n) is 2.93. The summed E-state index contributed by atoms with van der Waals surface area (Å²) in [6, 6.07) is 9.44. The molecule has 2 rings (SSSR count). The molecular formula is C13H14O3. The molecule has 0 amide bonds. The van der Waals surface area contributed by atoms with E-state index in [0.29, 0.717) is 12.8 Å². The summed E-state index contributed by atoms with van der Waals surface area (Å²) in [6.45, 7) is 1.56. The minimum atomic E-state index is -0.403. The lowest BCUT2D eigenvalue weighted by atomic mass is 9.87. The van der Waals surface area contributed by atoms with E-state index in [9.17, 15) is 9.59 Å². The van der Waals surface area contributed by atoms with Gasteiger partial charge in [-0.15, -0.1) is 0 Å². The summed E-state index contributed by atoms with van der Waals surface area (Å²) in [6.07, 6.45) is 0.529. The second-order valence-electron chi connectivity index (χ2n) is 4.08. The first kappa shape index (κ1) is 10.9. The van der Waals surface area contributed by atoms with Gasteiger partial charge in [0.2, 0.25) is 0 Å². The molecule has 1 aliphatic rings. The lowest BCUT2D eigenvalue weighted by Gasteiger charge is -2.29. The van der Waals surface area contributed by atoms with E-state index in [-0.39, 0.29) is 17.7 Å². The number of carbonyl (C=O) groups excluding carboxylic acids is 2. The topological polar surface area (TPSA) is 43.4 Å². The van der Waals surface area contributed by atoms with Crippen molar-refractivity contribution in [2.24, 2.45) is 5.92 Å². The number of hydrogen-bond donors (Lipinski definition) is 0. The monoisotopic (exact) mass is 218 g/mol. The smallest absolute Gasteiger partial charge is 0.306 e. The van der Waals surface area contributed by atoms with Crippen LogP contribution in [0.4, 0.5) is 0 Å². The molecule has 1 heterocycles. The van der Waals surface area contributed by atoms with Gasteiger partial charge in [0.05, 0.1) is 5.92 Å². The molecule has 1 aliphatic heterocycles. The minimum Gasteiger partial charge on any atom is -0.457 e. The van der Waals surface area contributed by atoms with Crippen molar-refractivity contribution in [1.82, 2.24) is 0 Å². The first-order valence-corrected chi connectivity index (χ1v) is 5.43. The Labute approximate surface area is 94.4 Å². The zero-order chi connectivity index (χ0) is 11.5. The van der Waals surface area contributed by atoms with Crippen molar-refractivity contribution in [2.75, 3.05) is 0 Å². The van der Waals surface area contributed by atoms with Crippen molar-refractivity contribution in [1.29, 1.82) is 0 Å². The van der Waals surface area contributed by atoms with Crippen molar-refractivity contribution in [2.45, 2.75) is 25.9 Å². The van der Waals surface area contributed by atoms with Crippen molar-refractivity contribution in [3.8, 4) is 0 Å². The molecule has 3 nitrogen and oxygen atoms in total. The van der Waals surface area contributed by atoms with Crippen molar-refractivity contribution >= 4 is 11.8 Å². The Bertz CT molecular complexity index is 397. The average Bonchev–Trinajstić information content (AvgIpc) is 2.29.